The summed E-state index contributed by atoms with van der Waals surface area (Å²) < 4.78 is 0.768. The molecule has 0 fully saturated rings. The average Bonchev–Trinajstić information content (AvgIpc) is 2.89. The first kappa shape index (κ1) is 14.2. The third-order valence-corrected chi connectivity index (χ3v) is 3.10. The number of amides is 1. The van der Waals surface area contributed by atoms with Crippen LogP contribution < -0.4 is 5.32 Å². The molecule has 2 rings (SSSR count). The van der Waals surface area contributed by atoms with Crippen molar-refractivity contribution in [1.82, 2.24) is 15.2 Å². The molecular formula is C13H12BrN5O. The summed E-state index contributed by atoms with van der Waals surface area (Å²) in [7, 11) is 0. The molecule has 0 aliphatic heterocycles. The number of aromatic nitrogens is 3. The molecule has 6 nitrogen and oxygen atoms in total. The van der Waals surface area contributed by atoms with Gasteiger partial charge in [-0.1, -0.05) is 29.8 Å². The van der Waals surface area contributed by atoms with E-state index in [0.717, 1.165) is 4.47 Å². The normalized spacial score (nSPS) is 10.3. The number of aromatic amines is 1. The van der Waals surface area contributed by atoms with Crippen LogP contribution in [0.25, 0.3) is 0 Å². The molecule has 7 heteroatoms. The molecule has 0 bridgehead atoms. The molecule has 0 aliphatic carbocycles. The van der Waals surface area contributed by atoms with Gasteiger partial charge in [0.2, 0.25) is 5.82 Å². The summed E-state index contributed by atoms with van der Waals surface area (Å²) in [5.74, 6) is 0.398. The zero-order valence-corrected chi connectivity index (χ0v) is 12.5. The minimum Gasteiger partial charge on any atom is -0.318 e. The highest BCUT2D eigenvalue weighted by atomic mass is 79.9. The van der Waals surface area contributed by atoms with Crippen molar-refractivity contribution in [3.8, 4) is 6.07 Å². The number of nitrogens with zero attached hydrogens (tertiary/aromatic N) is 3. The Labute approximate surface area is 124 Å². The highest BCUT2D eigenvalue weighted by molar-refractivity contribution is 9.10. The molecule has 1 heterocycles. The lowest BCUT2D eigenvalue weighted by Gasteiger charge is -2.05. The Bertz CT molecular complexity index is 686. The van der Waals surface area contributed by atoms with E-state index in [0.29, 0.717) is 17.1 Å². The highest BCUT2D eigenvalue weighted by Gasteiger charge is 2.15. The van der Waals surface area contributed by atoms with Crippen molar-refractivity contribution < 1.29 is 4.79 Å². The van der Waals surface area contributed by atoms with Crippen LogP contribution in [-0.4, -0.2) is 21.1 Å². The van der Waals surface area contributed by atoms with Gasteiger partial charge in [0.25, 0.3) is 5.91 Å². The monoisotopic (exact) mass is 333 g/mol. The molecule has 1 aromatic heterocycles. The zero-order valence-electron chi connectivity index (χ0n) is 10.9. The second-order valence-electron chi connectivity index (χ2n) is 4.45. The fourth-order valence-electron chi connectivity index (χ4n) is 1.53. The molecule has 20 heavy (non-hydrogen) atoms. The van der Waals surface area contributed by atoms with Gasteiger partial charge >= 0.3 is 0 Å². The predicted molar refractivity (Wildman–Crippen MR) is 77.3 cm³/mol. The van der Waals surface area contributed by atoms with Crippen molar-refractivity contribution in [2.24, 2.45) is 0 Å². The van der Waals surface area contributed by atoms with Crippen molar-refractivity contribution in [3.63, 3.8) is 0 Å². The fraction of sp³-hybridized carbons (Fsp3) is 0.231. The van der Waals surface area contributed by atoms with Gasteiger partial charge in [-0.05, 0) is 18.2 Å². The lowest BCUT2D eigenvalue weighted by molar-refractivity contribution is 0.101. The van der Waals surface area contributed by atoms with Gasteiger partial charge in [-0.2, -0.15) is 5.26 Å². The summed E-state index contributed by atoms with van der Waals surface area (Å²) >= 11 is 3.30. The van der Waals surface area contributed by atoms with Crippen LogP contribution >= 0.6 is 15.9 Å². The Morgan fingerprint density at radius 2 is 2.25 bits per heavy atom. The van der Waals surface area contributed by atoms with E-state index in [1.54, 1.807) is 18.2 Å². The van der Waals surface area contributed by atoms with Crippen LogP contribution in [0, 0.1) is 11.3 Å². The maximum Gasteiger partial charge on any atom is 0.295 e. The molecule has 0 atom stereocenters. The van der Waals surface area contributed by atoms with E-state index >= 15 is 0 Å². The Hall–Kier alpha value is -2.20. The van der Waals surface area contributed by atoms with Gasteiger partial charge < -0.3 is 5.32 Å². The van der Waals surface area contributed by atoms with E-state index in [1.165, 1.54) is 0 Å². The lowest BCUT2D eigenvalue weighted by Crippen LogP contribution is -2.14. The van der Waals surface area contributed by atoms with Crippen molar-refractivity contribution in [1.29, 1.82) is 5.26 Å². The summed E-state index contributed by atoms with van der Waals surface area (Å²) in [5.41, 5.74) is 0.795. The molecule has 0 saturated carbocycles. The van der Waals surface area contributed by atoms with Gasteiger partial charge in [-0.15, -0.1) is 5.10 Å². The Morgan fingerprint density at radius 1 is 1.50 bits per heavy atom. The zero-order chi connectivity index (χ0) is 14.7. The summed E-state index contributed by atoms with van der Waals surface area (Å²) in [6.07, 6.45) is 0. The Morgan fingerprint density at radius 3 is 2.85 bits per heavy atom. The van der Waals surface area contributed by atoms with Crippen LogP contribution in [0.4, 0.5) is 5.69 Å². The summed E-state index contributed by atoms with van der Waals surface area (Å²) in [4.78, 5) is 16.2. The summed E-state index contributed by atoms with van der Waals surface area (Å²) in [6.45, 7) is 3.90. The molecule has 1 amide bonds. The van der Waals surface area contributed by atoms with Crippen LogP contribution in [-0.2, 0) is 0 Å². The average molecular weight is 334 g/mol. The maximum absolute atomic E-state index is 12.0. The first-order chi connectivity index (χ1) is 9.51. The first-order valence-electron chi connectivity index (χ1n) is 5.94. The summed E-state index contributed by atoms with van der Waals surface area (Å²) in [5, 5.41) is 18.2. The number of hydrogen-bond donors (Lipinski definition) is 2. The molecular weight excluding hydrogens is 322 g/mol. The number of hydrogen-bond acceptors (Lipinski definition) is 4. The SMILES string of the molecule is CC(C)c1nc(C(=O)Nc2cc(Br)ccc2C#N)n[nH]1. The Kier molecular flexibility index (Phi) is 4.15. The van der Waals surface area contributed by atoms with E-state index in [2.05, 4.69) is 36.4 Å². The molecule has 0 spiro atoms. The smallest absolute Gasteiger partial charge is 0.295 e. The number of nitriles is 1. The van der Waals surface area contributed by atoms with E-state index in [1.807, 2.05) is 19.9 Å². The molecule has 2 N–H and O–H groups in total. The minimum atomic E-state index is -0.456. The quantitative estimate of drug-likeness (QED) is 0.902. The van der Waals surface area contributed by atoms with Crippen LogP contribution in [0.5, 0.6) is 0 Å². The standard InChI is InChI=1S/C13H12BrN5O/c1-7(2)11-17-12(19-18-11)13(20)16-10-5-9(14)4-3-8(10)6-15/h3-5,7H,1-2H3,(H,16,20)(H,17,18,19). The molecule has 0 aliphatic rings. The topological polar surface area (TPSA) is 94.5 Å². The van der Waals surface area contributed by atoms with E-state index in [4.69, 9.17) is 5.26 Å². The lowest BCUT2D eigenvalue weighted by atomic mass is 10.2. The van der Waals surface area contributed by atoms with E-state index in [-0.39, 0.29) is 11.7 Å². The molecule has 0 saturated heterocycles. The van der Waals surface area contributed by atoms with Crippen LogP contribution in [0.2, 0.25) is 0 Å². The minimum absolute atomic E-state index is 0.0533. The number of anilines is 1. The molecule has 1 aromatic carbocycles. The molecule has 0 radical (unpaired) electrons. The molecule has 102 valence electrons. The molecule has 2 aromatic rings. The number of nitrogens with one attached hydrogen (secondary N) is 2. The number of carbonyl (C=O) groups is 1. The van der Waals surface area contributed by atoms with Gasteiger partial charge in [0.05, 0.1) is 11.3 Å². The first-order valence-corrected chi connectivity index (χ1v) is 6.74. The van der Waals surface area contributed by atoms with Crippen molar-refractivity contribution in [2.75, 3.05) is 5.32 Å². The predicted octanol–water partition coefficient (Wildman–Crippen LogP) is 2.81. The number of rotatable bonds is 3. The van der Waals surface area contributed by atoms with Gasteiger partial charge in [0.15, 0.2) is 0 Å². The molecule has 0 unspecified atom stereocenters. The number of H-pyrrole nitrogens is 1. The van der Waals surface area contributed by atoms with E-state index < -0.39 is 5.91 Å². The van der Waals surface area contributed by atoms with E-state index in [9.17, 15) is 4.79 Å². The third kappa shape index (κ3) is 3.03. The van der Waals surface area contributed by atoms with Gasteiger partial charge in [0, 0.05) is 10.4 Å². The van der Waals surface area contributed by atoms with Gasteiger partial charge in [-0.25, -0.2) is 4.98 Å². The second-order valence-corrected chi connectivity index (χ2v) is 5.37. The maximum atomic E-state index is 12.0. The van der Waals surface area contributed by atoms with Crippen LogP contribution in [0.3, 0.4) is 0 Å². The second kappa shape index (κ2) is 5.84. The Balaban J connectivity index is 2.23. The van der Waals surface area contributed by atoms with Gasteiger partial charge in [-0.3, -0.25) is 9.89 Å². The van der Waals surface area contributed by atoms with Crippen molar-refractivity contribution >= 4 is 27.5 Å². The van der Waals surface area contributed by atoms with Gasteiger partial charge in [0.1, 0.15) is 11.9 Å². The fourth-order valence-corrected chi connectivity index (χ4v) is 1.89. The number of benzene rings is 1. The number of halogens is 1. The summed E-state index contributed by atoms with van der Waals surface area (Å²) in [6, 6.07) is 7.03. The van der Waals surface area contributed by atoms with Crippen LogP contribution in [0.15, 0.2) is 22.7 Å². The number of carbonyl (C=O) groups excluding carboxylic acids is 1. The largest absolute Gasteiger partial charge is 0.318 e. The third-order valence-electron chi connectivity index (χ3n) is 2.60. The highest BCUT2D eigenvalue weighted by Crippen LogP contribution is 2.21. The van der Waals surface area contributed by atoms with Crippen LogP contribution in [0.1, 0.15) is 41.8 Å². The van der Waals surface area contributed by atoms with Crippen molar-refractivity contribution in [3.05, 3.63) is 39.9 Å². The van der Waals surface area contributed by atoms with Crippen molar-refractivity contribution in [2.45, 2.75) is 19.8 Å².